The number of H-pyrrole nitrogens is 1. The predicted octanol–water partition coefficient (Wildman–Crippen LogP) is 6.21. The van der Waals surface area contributed by atoms with E-state index >= 15 is 0 Å². The lowest BCUT2D eigenvalue weighted by atomic mass is 9.74. The van der Waals surface area contributed by atoms with Crippen LogP contribution in [-0.4, -0.2) is 35.0 Å². The van der Waals surface area contributed by atoms with E-state index in [1.54, 1.807) is 11.3 Å². The summed E-state index contributed by atoms with van der Waals surface area (Å²) in [7, 11) is 4.47. The first-order chi connectivity index (χ1) is 16.0. The summed E-state index contributed by atoms with van der Waals surface area (Å²) < 4.78 is 0. The Hall–Kier alpha value is -2.47. The van der Waals surface area contributed by atoms with Crippen LogP contribution in [0.4, 0.5) is 0 Å². The molecule has 5 heteroatoms. The number of para-hydroxylation sites is 1. The summed E-state index contributed by atoms with van der Waals surface area (Å²) in [5, 5.41) is 8.72. The Morgan fingerprint density at radius 3 is 2.52 bits per heavy atom. The van der Waals surface area contributed by atoms with Crippen molar-refractivity contribution in [1.29, 1.82) is 0 Å². The van der Waals surface area contributed by atoms with Gasteiger partial charge in [0, 0.05) is 39.8 Å². The number of aromatic amines is 1. The van der Waals surface area contributed by atoms with E-state index in [1.165, 1.54) is 52.7 Å². The summed E-state index contributed by atoms with van der Waals surface area (Å²) in [4.78, 5) is 10.8. The number of nitrogens with one attached hydrogen (secondary N) is 2. The number of benzene rings is 2. The Morgan fingerprint density at radius 1 is 1.09 bits per heavy atom. The Bertz CT molecular complexity index is 1180. The van der Waals surface area contributed by atoms with Gasteiger partial charge in [-0.3, -0.25) is 4.90 Å². The fraction of sp³-hybridized carbons (Fsp3) is 0.393. The molecule has 172 valence electrons. The average molecular weight is 459 g/mol. The Kier molecular flexibility index (Phi) is 6.37. The first-order valence-corrected chi connectivity index (χ1v) is 12.9. The molecule has 5 rings (SSSR count). The number of hydrogen-bond donors (Lipinski definition) is 2. The zero-order valence-corrected chi connectivity index (χ0v) is 20.7. The summed E-state index contributed by atoms with van der Waals surface area (Å²) in [6.45, 7) is 2.09. The molecule has 1 fully saturated rings. The van der Waals surface area contributed by atoms with Gasteiger partial charge < -0.3 is 10.3 Å². The summed E-state index contributed by atoms with van der Waals surface area (Å²) in [6, 6.07) is 20.4. The molecule has 1 saturated carbocycles. The molecule has 2 heterocycles. The molecule has 33 heavy (non-hydrogen) atoms. The number of thiazole rings is 1. The molecular formula is C28H34N4S. The maximum Gasteiger partial charge on any atom is 0.110 e. The number of hydrogen-bond acceptors (Lipinski definition) is 4. The van der Waals surface area contributed by atoms with Gasteiger partial charge in [0.15, 0.2) is 0 Å². The highest BCUT2D eigenvalue weighted by molar-refractivity contribution is 7.09. The second-order valence-corrected chi connectivity index (χ2v) is 10.6. The number of rotatable bonds is 7. The minimum Gasteiger partial charge on any atom is -0.361 e. The number of fused-ring (bicyclic) bond motifs is 1. The third-order valence-electron chi connectivity index (χ3n) is 7.45. The number of aromatic nitrogens is 2. The quantitative estimate of drug-likeness (QED) is 0.346. The summed E-state index contributed by atoms with van der Waals surface area (Å²) in [6.07, 6.45) is 7.79. The summed E-state index contributed by atoms with van der Waals surface area (Å²) >= 11 is 1.78. The van der Waals surface area contributed by atoms with Crippen LogP contribution in [0.5, 0.6) is 0 Å². The van der Waals surface area contributed by atoms with E-state index in [9.17, 15) is 0 Å². The SMILES string of the molecule is Cc1csc([C@H](Cc2c[nH]c3ccccc23)NC2CCC(c3ccccc3)(N(C)C)CC2)n1. The average Bonchev–Trinajstić information content (AvgIpc) is 3.46. The van der Waals surface area contributed by atoms with Crippen molar-refractivity contribution < 1.29 is 0 Å². The molecule has 0 aliphatic heterocycles. The Balaban J connectivity index is 1.35. The van der Waals surface area contributed by atoms with Crippen LogP contribution in [0.2, 0.25) is 0 Å². The Labute approximate surface area is 201 Å². The first-order valence-electron chi connectivity index (χ1n) is 12.0. The molecule has 0 spiro atoms. The zero-order chi connectivity index (χ0) is 22.8. The highest BCUT2D eigenvalue weighted by Crippen LogP contribution is 2.41. The largest absolute Gasteiger partial charge is 0.361 e. The van der Waals surface area contributed by atoms with Crippen molar-refractivity contribution in [2.75, 3.05) is 14.1 Å². The van der Waals surface area contributed by atoms with E-state index in [4.69, 9.17) is 4.98 Å². The van der Waals surface area contributed by atoms with Gasteiger partial charge in [0.1, 0.15) is 5.01 Å². The van der Waals surface area contributed by atoms with Crippen LogP contribution >= 0.6 is 11.3 Å². The second-order valence-electron chi connectivity index (χ2n) is 9.68. The van der Waals surface area contributed by atoms with E-state index in [0.717, 1.165) is 12.1 Å². The summed E-state index contributed by atoms with van der Waals surface area (Å²) in [5.41, 5.74) is 5.25. The molecule has 2 aromatic carbocycles. The lowest BCUT2D eigenvalue weighted by Gasteiger charge is -2.46. The third-order valence-corrected chi connectivity index (χ3v) is 8.53. The van der Waals surface area contributed by atoms with Crippen molar-refractivity contribution in [3.05, 3.63) is 88.0 Å². The van der Waals surface area contributed by atoms with Crippen molar-refractivity contribution in [2.45, 2.75) is 56.7 Å². The smallest absolute Gasteiger partial charge is 0.110 e. The van der Waals surface area contributed by atoms with Gasteiger partial charge in [-0.25, -0.2) is 4.98 Å². The molecule has 1 aliphatic rings. The van der Waals surface area contributed by atoms with Crippen molar-refractivity contribution in [2.24, 2.45) is 0 Å². The van der Waals surface area contributed by atoms with Gasteiger partial charge in [-0.05, 0) is 70.3 Å². The molecule has 1 atom stereocenters. The van der Waals surface area contributed by atoms with Gasteiger partial charge in [0.25, 0.3) is 0 Å². The minimum absolute atomic E-state index is 0.129. The van der Waals surface area contributed by atoms with Crippen LogP contribution in [0.3, 0.4) is 0 Å². The van der Waals surface area contributed by atoms with E-state index in [0.29, 0.717) is 6.04 Å². The topological polar surface area (TPSA) is 44.0 Å². The van der Waals surface area contributed by atoms with Gasteiger partial charge in [-0.15, -0.1) is 11.3 Å². The van der Waals surface area contributed by atoms with E-state index < -0.39 is 0 Å². The first kappa shape index (κ1) is 22.3. The van der Waals surface area contributed by atoms with Gasteiger partial charge in [0.05, 0.1) is 6.04 Å². The standard InChI is InChI=1S/C28H34N4S/c1-20-19-33-27(30-20)26(17-21-18-29-25-12-8-7-11-24(21)25)31-23-13-15-28(16-14-23,32(2)3)22-9-5-4-6-10-22/h4-12,18-19,23,26,29,31H,13-17H2,1-3H3/t23?,26-,28?/m0/s1. The van der Waals surface area contributed by atoms with Crippen molar-refractivity contribution in [3.8, 4) is 0 Å². The summed E-state index contributed by atoms with van der Waals surface area (Å²) in [5.74, 6) is 0. The van der Waals surface area contributed by atoms with Gasteiger partial charge in [-0.2, -0.15) is 0 Å². The van der Waals surface area contributed by atoms with E-state index in [-0.39, 0.29) is 11.6 Å². The molecule has 1 aliphatic carbocycles. The molecule has 0 bridgehead atoms. The zero-order valence-electron chi connectivity index (χ0n) is 19.8. The molecular weight excluding hydrogens is 424 g/mol. The highest BCUT2D eigenvalue weighted by Gasteiger charge is 2.39. The van der Waals surface area contributed by atoms with Gasteiger partial charge >= 0.3 is 0 Å². The van der Waals surface area contributed by atoms with Crippen LogP contribution in [0.15, 0.2) is 66.2 Å². The molecule has 0 saturated heterocycles. The van der Waals surface area contributed by atoms with Gasteiger partial charge in [-0.1, -0.05) is 48.5 Å². The molecule has 0 unspecified atom stereocenters. The lowest BCUT2D eigenvalue weighted by molar-refractivity contribution is 0.0832. The fourth-order valence-electron chi connectivity index (χ4n) is 5.56. The molecule has 4 aromatic rings. The third kappa shape index (κ3) is 4.50. The molecule has 2 aromatic heterocycles. The van der Waals surface area contributed by atoms with Crippen LogP contribution in [0.25, 0.3) is 10.9 Å². The highest BCUT2D eigenvalue weighted by atomic mass is 32.1. The van der Waals surface area contributed by atoms with Gasteiger partial charge in [0.2, 0.25) is 0 Å². The number of aryl methyl sites for hydroxylation is 1. The normalized spacial score (nSPS) is 22.1. The molecule has 0 amide bonds. The lowest BCUT2D eigenvalue weighted by Crippen LogP contribution is -2.48. The van der Waals surface area contributed by atoms with E-state index in [1.807, 2.05) is 0 Å². The molecule has 4 nitrogen and oxygen atoms in total. The van der Waals surface area contributed by atoms with Crippen LogP contribution in [0.1, 0.15) is 53.6 Å². The molecule has 0 radical (unpaired) electrons. The Morgan fingerprint density at radius 2 is 1.82 bits per heavy atom. The van der Waals surface area contributed by atoms with Crippen LogP contribution in [-0.2, 0) is 12.0 Å². The second kappa shape index (κ2) is 9.41. The predicted molar refractivity (Wildman–Crippen MR) is 139 cm³/mol. The maximum absolute atomic E-state index is 4.88. The van der Waals surface area contributed by atoms with Crippen LogP contribution < -0.4 is 5.32 Å². The monoisotopic (exact) mass is 458 g/mol. The maximum atomic E-state index is 4.88. The fourth-order valence-corrected chi connectivity index (χ4v) is 6.42. The van der Waals surface area contributed by atoms with Crippen molar-refractivity contribution >= 4 is 22.2 Å². The van der Waals surface area contributed by atoms with Crippen molar-refractivity contribution in [1.82, 2.24) is 20.2 Å². The van der Waals surface area contributed by atoms with Crippen molar-refractivity contribution in [3.63, 3.8) is 0 Å². The number of nitrogens with zero attached hydrogens (tertiary/aromatic N) is 2. The minimum atomic E-state index is 0.129. The van der Waals surface area contributed by atoms with Crippen LogP contribution in [0, 0.1) is 6.92 Å². The van der Waals surface area contributed by atoms with E-state index in [2.05, 4.69) is 102 Å². The molecule has 2 N–H and O–H groups in total.